The minimum Gasteiger partial charge on any atom is -0.248 e. The molecule has 0 fully saturated rings. The zero-order valence-corrected chi connectivity index (χ0v) is 25.8. The zero-order valence-electron chi connectivity index (χ0n) is 25.8. The Bertz CT molecular complexity index is 2580. The SMILES string of the molecule is c1ccc2cc3nc(-c4cc(-c5ccc6cc7ccccc7cc6n5)nc(-c5ccc6cc7ccccc7cc6n5)c4)ccc3cc2c1. The van der Waals surface area contributed by atoms with Crippen molar-refractivity contribution in [2.24, 2.45) is 0 Å². The molecule has 48 heavy (non-hydrogen) atoms. The van der Waals surface area contributed by atoms with Gasteiger partial charge in [0.2, 0.25) is 0 Å². The molecule has 0 amide bonds. The minimum absolute atomic E-state index is 0.776. The third-order valence-corrected chi connectivity index (χ3v) is 9.32. The van der Waals surface area contributed by atoms with Crippen molar-refractivity contribution in [2.75, 3.05) is 0 Å². The number of aromatic nitrogens is 4. The topological polar surface area (TPSA) is 51.6 Å². The number of pyridine rings is 4. The molecule has 10 rings (SSSR count). The average Bonchev–Trinajstić information content (AvgIpc) is 3.14. The van der Waals surface area contributed by atoms with Crippen LogP contribution in [0.3, 0.4) is 0 Å². The second kappa shape index (κ2) is 10.5. The molecule has 0 radical (unpaired) electrons. The number of hydrogen-bond acceptors (Lipinski definition) is 4. The molecule has 4 heterocycles. The first-order chi connectivity index (χ1) is 23.7. The Morgan fingerprint density at radius 1 is 0.229 bits per heavy atom. The highest BCUT2D eigenvalue weighted by molar-refractivity contribution is 5.99. The summed E-state index contributed by atoms with van der Waals surface area (Å²) >= 11 is 0. The van der Waals surface area contributed by atoms with Gasteiger partial charge in [0, 0.05) is 21.7 Å². The molecule has 4 heteroatoms. The third-order valence-electron chi connectivity index (χ3n) is 9.32. The van der Waals surface area contributed by atoms with Gasteiger partial charge in [0.1, 0.15) is 0 Å². The summed E-state index contributed by atoms with van der Waals surface area (Å²) in [6.45, 7) is 0. The Hall–Kier alpha value is -6.52. The molecule has 0 spiro atoms. The largest absolute Gasteiger partial charge is 0.248 e. The Kier molecular flexibility index (Phi) is 5.84. The van der Waals surface area contributed by atoms with Crippen LogP contribution in [0.15, 0.2) is 158 Å². The lowest BCUT2D eigenvalue weighted by Gasteiger charge is -2.11. The lowest BCUT2D eigenvalue weighted by atomic mass is 10.0. The van der Waals surface area contributed by atoms with Crippen molar-refractivity contribution in [2.45, 2.75) is 0 Å². The number of rotatable bonds is 3. The lowest BCUT2D eigenvalue weighted by Crippen LogP contribution is -1.96. The summed E-state index contributed by atoms with van der Waals surface area (Å²) in [5.41, 5.74) is 7.83. The summed E-state index contributed by atoms with van der Waals surface area (Å²) in [4.78, 5) is 20.6. The van der Waals surface area contributed by atoms with E-state index in [-0.39, 0.29) is 0 Å². The van der Waals surface area contributed by atoms with Gasteiger partial charge in [0.15, 0.2) is 0 Å². The third kappa shape index (κ3) is 4.54. The number of nitrogens with zero attached hydrogens (tertiary/aromatic N) is 4. The summed E-state index contributed by atoms with van der Waals surface area (Å²) in [7, 11) is 0. The second-order valence-electron chi connectivity index (χ2n) is 12.4. The first-order valence-electron chi connectivity index (χ1n) is 16.1. The van der Waals surface area contributed by atoms with E-state index in [1.165, 1.54) is 21.5 Å². The maximum Gasteiger partial charge on any atom is 0.0901 e. The molecule has 10 aromatic rings. The highest BCUT2D eigenvalue weighted by Crippen LogP contribution is 2.33. The van der Waals surface area contributed by atoms with E-state index in [0.717, 1.165) is 77.5 Å². The molecule has 0 unspecified atom stereocenters. The Balaban J connectivity index is 1.17. The van der Waals surface area contributed by atoms with Crippen molar-refractivity contribution >= 4 is 65.0 Å². The van der Waals surface area contributed by atoms with Crippen LogP contribution in [0.5, 0.6) is 0 Å². The average molecular weight is 611 g/mol. The second-order valence-corrected chi connectivity index (χ2v) is 12.4. The Morgan fingerprint density at radius 3 is 0.958 bits per heavy atom. The maximum absolute atomic E-state index is 5.19. The van der Waals surface area contributed by atoms with Gasteiger partial charge in [-0.1, -0.05) is 91.0 Å². The molecule has 0 saturated heterocycles. The van der Waals surface area contributed by atoms with Crippen LogP contribution in [0.4, 0.5) is 0 Å². The molecule has 4 aromatic heterocycles. The maximum atomic E-state index is 5.19. The van der Waals surface area contributed by atoms with Crippen LogP contribution in [0, 0.1) is 0 Å². The summed E-state index contributed by atoms with van der Waals surface area (Å²) in [5, 5.41) is 10.4. The fourth-order valence-electron chi connectivity index (χ4n) is 6.82. The van der Waals surface area contributed by atoms with Crippen LogP contribution in [0.1, 0.15) is 0 Å². The fourth-order valence-corrected chi connectivity index (χ4v) is 6.82. The monoisotopic (exact) mass is 610 g/mol. The van der Waals surface area contributed by atoms with Crippen LogP contribution in [-0.4, -0.2) is 19.9 Å². The van der Waals surface area contributed by atoms with Crippen LogP contribution >= 0.6 is 0 Å². The molecule has 222 valence electrons. The van der Waals surface area contributed by atoms with Gasteiger partial charge in [0.05, 0.1) is 45.0 Å². The van der Waals surface area contributed by atoms with Crippen LogP contribution in [0.2, 0.25) is 0 Å². The van der Waals surface area contributed by atoms with Crippen molar-refractivity contribution < 1.29 is 0 Å². The molecule has 0 atom stereocenters. The molecule has 0 aliphatic heterocycles. The van der Waals surface area contributed by atoms with Gasteiger partial charge < -0.3 is 0 Å². The van der Waals surface area contributed by atoms with Crippen LogP contribution < -0.4 is 0 Å². The van der Waals surface area contributed by atoms with E-state index in [1.54, 1.807) is 0 Å². The van der Waals surface area contributed by atoms with Gasteiger partial charge in [-0.2, -0.15) is 0 Å². The Labute approximate surface area is 276 Å². The fraction of sp³-hybridized carbons (Fsp3) is 0. The normalized spacial score (nSPS) is 11.8. The van der Waals surface area contributed by atoms with E-state index in [0.29, 0.717) is 0 Å². The molecule has 0 bridgehead atoms. The summed E-state index contributed by atoms with van der Waals surface area (Å²) in [6, 6.07) is 55.1. The smallest absolute Gasteiger partial charge is 0.0901 e. The number of fused-ring (bicyclic) bond motifs is 6. The summed E-state index contributed by atoms with van der Waals surface area (Å²) in [6.07, 6.45) is 0. The van der Waals surface area contributed by atoms with Gasteiger partial charge in [-0.25, -0.2) is 19.9 Å². The van der Waals surface area contributed by atoms with E-state index in [2.05, 4.69) is 158 Å². The standard InChI is InChI=1S/C44H26N4/c1-4-10-30-22-40-33(19-27(30)7-1)13-16-37(45-40)36-25-43(38-17-14-34-20-28-8-2-5-11-31(28)23-41(34)46-38)48-44(26-36)39-18-15-35-21-29-9-3-6-12-32(29)24-42(35)47-39/h1-26H. The quantitative estimate of drug-likeness (QED) is 0.187. The lowest BCUT2D eigenvalue weighted by molar-refractivity contribution is 1.24. The first-order valence-corrected chi connectivity index (χ1v) is 16.1. The predicted molar refractivity (Wildman–Crippen MR) is 199 cm³/mol. The number of benzene rings is 6. The van der Waals surface area contributed by atoms with Crippen molar-refractivity contribution in [1.82, 2.24) is 19.9 Å². The molecule has 0 aliphatic carbocycles. The highest BCUT2D eigenvalue weighted by Gasteiger charge is 2.14. The summed E-state index contributed by atoms with van der Waals surface area (Å²) < 4.78 is 0. The van der Waals surface area contributed by atoms with Crippen molar-refractivity contribution in [3.63, 3.8) is 0 Å². The van der Waals surface area contributed by atoms with Gasteiger partial charge in [0.25, 0.3) is 0 Å². The minimum atomic E-state index is 0.776. The Morgan fingerprint density at radius 2 is 0.562 bits per heavy atom. The number of hydrogen-bond donors (Lipinski definition) is 0. The van der Waals surface area contributed by atoms with Crippen LogP contribution in [-0.2, 0) is 0 Å². The van der Waals surface area contributed by atoms with E-state index in [9.17, 15) is 0 Å². The van der Waals surface area contributed by atoms with Crippen LogP contribution in [0.25, 0.3) is 99.1 Å². The molecular weight excluding hydrogens is 585 g/mol. The molecule has 0 N–H and O–H groups in total. The molecule has 0 saturated carbocycles. The zero-order chi connectivity index (χ0) is 31.6. The van der Waals surface area contributed by atoms with E-state index in [4.69, 9.17) is 19.9 Å². The first kappa shape index (κ1) is 26.7. The van der Waals surface area contributed by atoms with Crippen molar-refractivity contribution in [3.8, 4) is 34.0 Å². The predicted octanol–water partition coefficient (Wildman–Crippen LogP) is 11.2. The van der Waals surface area contributed by atoms with Gasteiger partial charge in [-0.3, -0.25) is 0 Å². The van der Waals surface area contributed by atoms with Gasteiger partial charge >= 0.3 is 0 Å². The highest BCUT2D eigenvalue weighted by atomic mass is 14.8. The van der Waals surface area contributed by atoms with Crippen molar-refractivity contribution in [3.05, 3.63) is 158 Å². The van der Waals surface area contributed by atoms with E-state index >= 15 is 0 Å². The van der Waals surface area contributed by atoms with Gasteiger partial charge in [-0.05, 0) is 99.0 Å². The molecule has 6 aromatic carbocycles. The molecule has 4 nitrogen and oxygen atoms in total. The molecular formula is C44H26N4. The van der Waals surface area contributed by atoms with E-state index in [1.807, 2.05) is 0 Å². The van der Waals surface area contributed by atoms with Gasteiger partial charge in [-0.15, -0.1) is 0 Å². The van der Waals surface area contributed by atoms with E-state index < -0.39 is 0 Å². The molecule has 0 aliphatic rings. The van der Waals surface area contributed by atoms with Crippen molar-refractivity contribution in [1.29, 1.82) is 0 Å². The summed E-state index contributed by atoms with van der Waals surface area (Å²) in [5.74, 6) is 0.